The summed E-state index contributed by atoms with van der Waals surface area (Å²) < 4.78 is 0. The second-order valence-corrected chi connectivity index (χ2v) is 6.71. The zero-order valence-electron chi connectivity index (χ0n) is 13.1. The van der Waals surface area contributed by atoms with Crippen LogP contribution in [0.2, 0.25) is 0 Å². The van der Waals surface area contributed by atoms with Gasteiger partial charge in [0.15, 0.2) is 0 Å². The van der Waals surface area contributed by atoms with E-state index in [1.165, 1.54) is 58.5 Å². The number of rotatable bonds is 5. The second-order valence-electron chi connectivity index (χ2n) is 6.71. The largest absolute Gasteiger partial charge is 0.311 e. The Balaban J connectivity index is 1.60. The van der Waals surface area contributed by atoms with Gasteiger partial charge in [-0.05, 0) is 66.0 Å². The van der Waals surface area contributed by atoms with Crippen LogP contribution in [-0.4, -0.2) is 87.7 Å². The molecule has 2 saturated heterocycles. The first-order chi connectivity index (χ1) is 9.13. The summed E-state index contributed by atoms with van der Waals surface area (Å²) in [7, 11) is 6.77. The van der Waals surface area contributed by atoms with Gasteiger partial charge in [-0.1, -0.05) is 0 Å². The fourth-order valence-corrected chi connectivity index (χ4v) is 3.34. The Morgan fingerprint density at radius 1 is 1.11 bits per heavy atom. The first kappa shape index (κ1) is 15.2. The third kappa shape index (κ3) is 5.38. The van der Waals surface area contributed by atoms with Crippen LogP contribution in [0.4, 0.5) is 0 Å². The van der Waals surface area contributed by atoms with Crippen LogP contribution in [-0.2, 0) is 0 Å². The lowest BCUT2D eigenvalue weighted by Gasteiger charge is -2.34. The maximum absolute atomic E-state index is 3.64. The van der Waals surface area contributed by atoms with E-state index in [2.05, 4.69) is 41.2 Å². The summed E-state index contributed by atoms with van der Waals surface area (Å²) in [6.07, 6.45) is 4.05. The first-order valence-electron chi connectivity index (χ1n) is 7.92. The summed E-state index contributed by atoms with van der Waals surface area (Å²) >= 11 is 0. The number of piperazine rings is 1. The zero-order valence-corrected chi connectivity index (χ0v) is 13.1. The topological polar surface area (TPSA) is 21.8 Å². The van der Waals surface area contributed by atoms with Crippen molar-refractivity contribution in [1.82, 2.24) is 20.0 Å². The van der Waals surface area contributed by atoms with E-state index in [0.717, 1.165) is 12.5 Å². The third-order valence-electron chi connectivity index (χ3n) is 4.73. The van der Waals surface area contributed by atoms with Crippen molar-refractivity contribution >= 4 is 0 Å². The molecular formula is C15H32N4. The summed E-state index contributed by atoms with van der Waals surface area (Å²) in [6.45, 7) is 8.65. The standard InChI is InChI=1S/C15H32N4/c1-17-8-4-14(5-9-17)12-18(2)10-6-15-13-19(3)11-7-16-15/h14-16H,4-13H2,1-3H3. The van der Waals surface area contributed by atoms with Crippen molar-refractivity contribution in [1.29, 1.82) is 0 Å². The van der Waals surface area contributed by atoms with E-state index in [0.29, 0.717) is 6.04 Å². The van der Waals surface area contributed by atoms with Crippen molar-refractivity contribution in [3.05, 3.63) is 0 Å². The molecule has 2 heterocycles. The molecule has 0 amide bonds. The maximum atomic E-state index is 3.64. The van der Waals surface area contributed by atoms with Gasteiger partial charge in [-0.15, -0.1) is 0 Å². The normalized spacial score (nSPS) is 28.1. The van der Waals surface area contributed by atoms with E-state index in [-0.39, 0.29) is 0 Å². The highest BCUT2D eigenvalue weighted by molar-refractivity contribution is 4.78. The van der Waals surface area contributed by atoms with Crippen molar-refractivity contribution in [2.45, 2.75) is 25.3 Å². The molecule has 0 aliphatic carbocycles. The molecule has 1 unspecified atom stereocenters. The van der Waals surface area contributed by atoms with E-state index >= 15 is 0 Å². The Bertz CT molecular complexity index is 251. The number of nitrogens with one attached hydrogen (secondary N) is 1. The summed E-state index contributed by atoms with van der Waals surface area (Å²) in [5, 5.41) is 3.64. The van der Waals surface area contributed by atoms with Crippen molar-refractivity contribution in [3.63, 3.8) is 0 Å². The minimum atomic E-state index is 0.693. The van der Waals surface area contributed by atoms with E-state index in [4.69, 9.17) is 0 Å². The molecule has 2 aliphatic heterocycles. The van der Waals surface area contributed by atoms with E-state index in [1.807, 2.05) is 0 Å². The fraction of sp³-hybridized carbons (Fsp3) is 1.00. The van der Waals surface area contributed by atoms with Crippen molar-refractivity contribution in [2.75, 3.05) is 67.0 Å². The quantitative estimate of drug-likeness (QED) is 0.786. The minimum Gasteiger partial charge on any atom is -0.311 e. The van der Waals surface area contributed by atoms with E-state index < -0.39 is 0 Å². The van der Waals surface area contributed by atoms with Crippen LogP contribution < -0.4 is 5.32 Å². The predicted octanol–water partition coefficient (Wildman–Crippen LogP) is 0.554. The summed E-state index contributed by atoms with van der Waals surface area (Å²) in [4.78, 5) is 7.45. The van der Waals surface area contributed by atoms with Gasteiger partial charge in [0.2, 0.25) is 0 Å². The Morgan fingerprint density at radius 2 is 1.84 bits per heavy atom. The molecule has 1 atom stereocenters. The SMILES string of the molecule is CN1CCC(CN(C)CCC2CN(C)CCN2)CC1. The molecule has 4 nitrogen and oxygen atoms in total. The molecule has 0 radical (unpaired) electrons. The molecule has 0 aromatic carbocycles. The monoisotopic (exact) mass is 268 g/mol. The van der Waals surface area contributed by atoms with Gasteiger partial charge in [-0.2, -0.15) is 0 Å². The van der Waals surface area contributed by atoms with Crippen LogP contribution in [0, 0.1) is 5.92 Å². The lowest BCUT2D eigenvalue weighted by molar-refractivity contribution is 0.166. The summed E-state index contributed by atoms with van der Waals surface area (Å²) in [6, 6.07) is 0.693. The van der Waals surface area contributed by atoms with Gasteiger partial charge in [-0.3, -0.25) is 0 Å². The van der Waals surface area contributed by atoms with Crippen LogP contribution in [0.25, 0.3) is 0 Å². The van der Waals surface area contributed by atoms with Crippen molar-refractivity contribution in [2.24, 2.45) is 5.92 Å². The van der Waals surface area contributed by atoms with Crippen LogP contribution in [0.5, 0.6) is 0 Å². The molecule has 4 heteroatoms. The van der Waals surface area contributed by atoms with Crippen LogP contribution in [0.1, 0.15) is 19.3 Å². The van der Waals surface area contributed by atoms with Crippen molar-refractivity contribution in [3.8, 4) is 0 Å². The highest BCUT2D eigenvalue weighted by atomic mass is 15.2. The molecule has 0 bridgehead atoms. The van der Waals surface area contributed by atoms with Crippen LogP contribution in [0.3, 0.4) is 0 Å². The minimum absolute atomic E-state index is 0.693. The third-order valence-corrected chi connectivity index (χ3v) is 4.73. The van der Waals surface area contributed by atoms with E-state index in [1.54, 1.807) is 0 Å². The number of nitrogens with zero attached hydrogens (tertiary/aromatic N) is 3. The average molecular weight is 268 g/mol. The molecule has 2 rings (SSSR count). The lowest BCUT2D eigenvalue weighted by atomic mass is 9.96. The smallest absolute Gasteiger partial charge is 0.0207 e. The Morgan fingerprint density at radius 3 is 2.53 bits per heavy atom. The number of hydrogen-bond donors (Lipinski definition) is 1. The Kier molecular flexibility index (Phi) is 6.07. The van der Waals surface area contributed by atoms with Gasteiger partial charge in [0.05, 0.1) is 0 Å². The molecule has 0 saturated carbocycles. The predicted molar refractivity (Wildman–Crippen MR) is 81.6 cm³/mol. The average Bonchev–Trinajstić information content (AvgIpc) is 2.39. The zero-order chi connectivity index (χ0) is 13.7. The number of likely N-dealkylation sites (tertiary alicyclic amines) is 1. The Hall–Kier alpha value is -0.160. The summed E-state index contributed by atoms with van der Waals surface area (Å²) in [5.41, 5.74) is 0. The molecule has 1 N–H and O–H groups in total. The van der Waals surface area contributed by atoms with Gasteiger partial charge in [0.1, 0.15) is 0 Å². The van der Waals surface area contributed by atoms with Gasteiger partial charge in [-0.25, -0.2) is 0 Å². The first-order valence-corrected chi connectivity index (χ1v) is 7.92. The molecule has 0 spiro atoms. The number of hydrogen-bond acceptors (Lipinski definition) is 4. The van der Waals surface area contributed by atoms with Crippen LogP contribution in [0.15, 0.2) is 0 Å². The van der Waals surface area contributed by atoms with Gasteiger partial charge in [0.25, 0.3) is 0 Å². The molecule has 2 aliphatic rings. The second kappa shape index (κ2) is 7.58. The fourth-order valence-electron chi connectivity index (χ4n) is 3.34. The maximum Gasteiger partial charge on any atom is 0.0207 e. The van der Waals surface area contributed by atoms with Gasteiger partial charge in [0, 0.05) is 32.2 Å². The molecule has 2 fully saturated rings. The van der Waals surface area contributed by atoms with E-state index in [9.17, 15) is 0 Å². The van der Waals surface area contributed by atoms with Gasteiger partial charge < -0.3 is 20.0 Å². The molecule has 0 aromatic heterocycles. The van der Waals surface area contributed by atoms with Crippen LogP contribution >= 0.6 is 0 Å². The molecule has 19 heavy (non-hydrogen) atoms. The summed E-state index contributed by atoms with van der Waals surface area (Å²) in [5.74, 6) is 0.920. The highest BCUT2D eigenvalue weighted by Crippen LogP contribution is 2.17. The lowest BCUT2D eigenvalue weighted by Crippen LogP contribution is -2.50. The Labute approximate surface area is 119 Å². The molecule has 112 valence electrons. The number of piperidine rings is 1. The highest BCUT2D eigenvalue weighted by Gasteiger charge is 2.20. The molecular weight excluding hydrogens is 236 g/mol. The molecule has 0 aromatic rings. The number of likely N-dealkylation sites (N-methyl/N-ethyl adjacent to an activating group) is 1. The van der Waals surface area contributed by atoms with Crippen molar-refractivity contribution < 1.29 is 0 Å². The van der Waals surface area contributed by atoms with Gasteiger partial charge >= 0.3 is 0 Å².